The van der Waals surface area contributed by atoms with Gasteiger partial charge in [0.05, 0.1) is 20.1 Å². The molecule has 1 aromatic carbocycles. The van der Waals surface area contributed by atoms with Crippen LogP contribution in [0.5, 0.6) is 11.5 Å². The summed E-state index contributed by atoms with van der Waals surface area (Å²) in [5.74, 6) is 1.08. The zero-order valence-electron chi connectivity index (χ0n) is 10.7. The summed E-state index contributed by atoms with van der Waals surface area (Å²) in [5.41, 5.74) is 5.74. The molecule has 0 aliphatic heterocycles. The lowest BCUT2D eigenvalue weighted by atomic mass is 10.2. The minimum Gasteiger partial charge on any atom is -0.494 e. The zero-order chi connectivity index (χ0) is 13.4. The van der Waals surface area contributed by atoms with E-state index >= 15 is 0 Å². The van der Waals surface area contributed by atoms with Crippen molar-refractivity contribution in [3.63, 3.8) is 0 Å². The average molecular weight is 253 g/mol. The lowest BCUT2D eigenvalue weighted by Crippen LogP contribution is -2.30. The van der Waals surface area contributed by atoms with Crippen molar-refractivity contribution in [2.24, 2.45) is 5.73 Å². The van der Waals surface area contributed by atoms with Crippen LogP contribution < -0.4 is 15.2 Å². The number of nitrogens with two attached hydrogens (primary N) is 1. The second kappa shape index (κ2) is 7.55. The number of carbonyl (C=O) groups excluding carboxylic acids is 1. The van der Waals surface area contributed by atoms with E-state index in [1.807, 2.05) is 25.1 Å². The van der Waals surface area contributed by atoms with Crippen LogP contribution in [0.25, 0.3) is 0 Å². The summed E-state index contributed by atoms with van der Waals surface area (Å²) in [6, 6.07) is 6.91. The van der Waals surface area contributed by atoms with Gasteiger partial charge in [-0.3, -0.25) is 4.79 Å². The smallest absolute Gasteiger partial charge is 0.307 e. The molecule has 1 atom stereocenters. The molecule has 0 radical (unpaired) electrons. The SMILES string of the molecule is CCOc1cccc(OCC(N)CC(=O)OC)c1. The van der Waals surface area contributed by atoms with Crippen molar-refractivity contribution in [3.8, 4) is 11.5 Å². The van der Waals surface area contributed by atoms with Gasteiger partial charge in [0.2, 0.25) is 0 Å². The predicted molar refractivity (Wildman–Crippen MR) is 67.7 cm³/mol. The van der Waals surface area contributed by atoms with E-state index in [9.17, 15) is 4.79 Å². The van der Waals surface area contributed by atoms with Crippen molar-refractivity contribution in [2.45, 2.75) is 19.4 Å². The number of hydrogen-bond acceptors (Lipinski definition) is 5. The normalized spacial score (nSPS) is 11.7. The highest BCUT2D eigenvalue weighted by Gasteiger charge is 2.10. The van der Waals surface area contributed by atoms with Crippen molar-refractivity contribution < 1.29 is 19.0 Å². The number of carbonyl (C=O) groups is 1. The zero-order valence-corrected chi connectivity index (χ0v) is 10.7. The van der Waals surface area contributed by atoms with Gasteiger partial charge in [-0.1, -0.05) is 6.07 Å². The maximum Gasteiger partial charge on any atom is 0.307 e. The molecule has 0 aliphatic rings. The molecule has 1 unspecified atom stereocenters. The third-order valence-corrected chi connectivity index (χ3v) is 2.24. The molecule has 0 amide bonds. The summed E-state index contributed by atoms with van der Waals surface area (Å²) >= 11 is 0. The number of rotatable bonds is 7. The van der Waals surface area contributed by atoms with Crippen molar-refractivity contribution in [1.82, 2.24) is 0 Å². The number of benzene rings is 1. The van der Waals surface area contributed by atoms with Crippen molar-refractivity contribution >= 4 is 5.97 Å². The van der Waals surface area contributed by atoms with Gasteiger partial charge in [0.25, 0.3) is 0 Å². The third-order valence-electron chi connectivity index (χ3n) is 2.24. The van der Waals surface area contributed by atoms with Gasteiger partial charge in [-0.15, -0.1) is 0 Å². The Morgan fingerprint density at radius 2 is 2.00 bits per heavy atom. The van der Waals surface area contributed by atoms with Crippen molar-refractivity contribution in [2.75, 3.05) is 20.3 Å². The topological polar surface area (TPSA) is 70.8 Å². The van der Waals surface area contributed by atoms with E-state index in [2.05, 4.69) is 4.74 Å². The standard InChI is InChI=1S/C13H19NO4/c1-3-17-11-5-4-6-12(8-11)18-9-10(14)7-13(15)16-2/h4-6,8,10H,3,7,9,14H2,1-2H3. The maximum atomic E-state index is 11.0. The fourth-order valence-corrected chi connectivity index (χ4v) is 1.38. The van der Waals surface area contributed by atoms with Crippen LogP contribution >= 0.6 is 0 Å². The minimum absolute atomic E-state index is 0.141. The van der Waals surface area contributed by atoms with Crippen molar-refractivity contribution in [3.05, 3.63) is 24.3 Å². The van der Waals surface area contributed by atoms with Crippen LogP contribution in [0.15, 0.2) is 24.3 Å². The van der Waals surface area contributed by atoms with Gasteiger partial charge in [-0.2, -0.15) is 0 Å². The molecule has 0 saturated heterocycles. The summed E-state index contributed by atoms with van der Waals surface area (Å²) in [4.78, 5) is 11.0. The molecule has 1 aromatic rings. The largest absolute Gasteiger partial charge is 0.494 e. The fraction of sp³-hybridized carbons (Fsp3) is 0.462. The molecule has 0 aliphatic carbocycles. The molecule has 0 heterocycles. The summed E-state index contributed by atoms with van der Waals surface area (Å²) in [6.45, 7) is 2.77. The van der Waals surface area contributed by atoms with E-state index in [-0.39, 0.29) is 25.0 Å². The van der Waals surface area contributed by atoms with Crippen LogP contribution in [0.3, 0.4) is 0 Å². The maximum absolute atomic E-state index is 11.0. The molecule has 5 heteroatoms. The highest BCUT2D eigenvalue weighted by Crippen LogP contribution is 2.19. The Morgan fingerprint density at radius 1 is 1.33 bits per heavy atom. The highest BCUT2D eigenvalue weighted by molar-refractivity contribution is 5.69. The monoisotopic (exact) mass is 253 g/mol. The molecule has 0 aromatic heterocycles. The molecule has 1 rings (SSSR count). The van der Waals surface area contributed by atoms with Gasteiger partial charge in [0, 0.05) is 12.1 Å². The van der Waals surface area contributed by atoms with Gasteiger partial charge in [-0.25, -0.2) is 0 Å². The van der Waals surface area contributed by atoms with Gasteiger partial charge >= 0.3 is 5.97 Å². The Morgan fingerprint density at radius 3 is 2.61 bits per heavy atom. The third kappa shape index (κ3) is 5.05. The second-order valence-corrected chi connectivity index (χ2v) is 3.76. The minimum atomic E-state index is -0.381. The summed E-state index contributed by atoms with van der Waals surface area (Å²) in [7, 11) is 1.33. The van der Waals surface area contributed by atoms with Gasteiger partial charge in [0.15, 0.2) is 0 Å². The number of ether oxygens (including phenoxy) is 3. The first-order chi connectivity index (χ1) is 8.65. The first-order valence-corrected chi connectivity index (χ1v) is 5.83. The molecule has 0 bridgehead atoms. The fourth-order valence-electron chi connectivity index (χ4n) is 1.38. The van der Waals surface area contributed by atoms with Crippen LogP contribution in [0.2, 0.25) is 0 Å². The summed E-state index contributed by atoms with van der Waals surface area (Å²) in [6.07, 6.45) is 0.141. The molecule has 0 fully saturated rings. The Hall–Kier alpha value is -1.75. The van der Waals surface area contributed by atoms with Gasteiger partial charge < -0.3 is 19.9 Å². The quantitative estimate of drug-likeness (QED) is 0.743. The molecular weight excluding hydrogens is 234 g/mol. The summed E-state index contributed by atoms with van der Waals surface area (Å²) in [5, 5.41) is 0. The molecular formula is C13H19NO4. The van der Waals surface area contributed by atoms with Gasteiger partial charge in [-0.05, 0) is 19.1 Å². The van der Waals surface area contributed by atoms with Crippen LogP contribution in [-0.2, 0) is 9.53 Å². The number of esters is 1. The van der Waals surface area contributed by atoms with E-state index in [1.54, 1.807) is 6.07 Å². The first-order valence-electron chi connectivity index (χ1n) is 5.83. The van der Waals surface area contributed by atoms with Crippen LogP contribution in [-0.4, -0.2) is 32.3 Å². The molecule has 100 valence electrons. The van der Waals surface area contributed by atoms with E-state index in [1.165, 1.54) is 7.11 Å². The Kier molecular flexibility index (Phi) is 6.00. The van der Waals surface area contributed by atoms with E-state index in [4.69, 9.17) is 15.2 Å². The molecule has 0 saturated carbocycles. The number of hydrogen-bond donors (Lipinski definition) is 1. The average Bonchev–Trinajstić information content (AvgIpc) is 2.37. The van der Waals surface area contributed by atoms with E-state index in [0.29, 0.717) is 12.4 Å². The Balaban J connectivity index is 2.42. The Bertz CT molecular complexity index is 381. The highest BCUT2D eigenvalue weighted by atomic mass is 16.5. The van der Waals surface area contributed by atoms with Crippen molar-refractivity contribution in [1.29, 1.82) is 0 Å². The van der Waals surface area contributed by atoms with E-state index in [0.717, 1.165) is 5.75 Å². The number of methoxy groups -OCH3 is 1. The first kappa shape index (κ1) is 14.3. The van der Waals surface area contributed by atoms with Crippen LogP contribution in [0.1, 0.15) is 13.3 Å². The van der Waals surface area contributed by atoms with E-state index < -0.39 is 0 Å². The molecule has 5 nitrogen and oxygen atoms in total. The lowest BCUT2D eigenvalue weighted by Gasteiger charge is -2.12. The van der Waals surface area contributed by atoms with Crippen LogP contribution in [0.4, 0.5) is 0 Å². The molecule has 2 N–H and O–H groups in total. The summed E-state index contributed by atoms with van der Waals surface area (Å²) < 4.78 is 15.4. The second-order valence-electron chi connectivity index (χ2n) is 3.76. The van der Waals surface area contributed by atoms with Crippen LogP contribution in [0, 0.1) is 0 Å². The lowest BCUT2D eigenvalue weighted by molar-refractivity contribution is -0.141. The molecule has 0 spiro atoms. The molecule has 18 heavy (non-hydrogen) atoms. The Labute approximate surface area is 107 Å². The van der Waals surface area contributed by atoms with Gasteiger partial charge in [0.1, 0.15) is 18.1 Å². The predicted octanol–water partition coefficient (Wildman–Crippen LogP) is 1.35.